The van der Waals surface area contributed by atoms with E-state index in [1.54, 1.807) is 13.8 Å². The minimum Gasteiger partial charge on any atom is -0.389 e. The number of halogens is 4. The minimum atomic E-state index is -4.52. The van der Waals surface area contributed by atoms with Crippen molar-refractivity contribution in [1.29, 1.82) is 0 Å². The van der Waals surface area contributed by atoms with E-state index in [9.17, 15) is 23.1 Å². The maximum atomic E-state index is 12.7. The smallest absolute Gasteiger partial charge is 0.389 e. The van der Waals surface area contributed by atoms with E-state index < -0.39 is 22.9 Å². The Morgan fingerprint density at radius 1 is 1.23 bits per heavy atom. The Balaban J connectivity index is 1.83. The Labute approximate surface area is 176 Å². The summed E-state index contributed by atoms with van der Waals surface area (Å²) in [6.45, 7) is 7.94. The lowest BCUT2D eigenvalue weighted by Crippen LogP contribution is -2.55. The van der Waals surface area contributed by atoms with Gasteiger partial charge in [-0.3, -0.25) is 9.69 Å². The Morgan fingerprint density at radius 3 is 2.47 bits per heavy atom. The van der Waals surface area contributed by atoms with Gasteiger partial charge in [-0.2, -0.15) is 23.0 Å². The summed E-state index contributed by atoms with van der Waals surface area (Å²) in [5.74, 6) is -0.0514. The highest BCUT2D eigenvalue weighted by molar-refractivity contribution is 6.33. The summed E-state index contributed by atoms with van der Waals surface area (Å²) in [7, 11) is 0. The number of aromatic nitrogens is 3. The van der Waals surface area contributed by atoms with Gasteiger partial charge in [-0.15, -0.1) is 0 Å². The Kier molecular flexibility index (Phi) is 6.13. The number of pyridine rings is 1. The molecular formula is C19H23ClF3N5O2. The van der Waals surface area contributed by atoms with Crippen LogP contribution in [0.1, 0.15) is 26.3 Å². The number of rotatable bonds is 4. The van der Waals surface area contributed by atoms with Crippen molar-refractivity contribution in [2.24, 2.45) is 0 Å². The second kappa shape index (κ2) is 8.16. The average Bonchev–Trinajstić information content (AvgIpc) is 2.63. The third kappa shape index (κ3) is 4.93. The molecule has 1 fully saturated rings. The molecule has 1 aliphatic heterocycles. The zero-order valence-corrected chi connectivity index (χ0v) is 17.6. The summed E-state index contributed by atoms with van der Waals surface area (Å²) >= 11 is 6.32. The molecule has 2 aromatic heterocycles. The summed E-state index contributed by atoms with van der Waals surface area (Å²) in [4.78, 5) is 20.5. The zero-order chi connectivity index (χ0) is 22.3. The molecule has 2 aromatic rings. The molecule has 3 rings (SSSR count). The molecule has 0 aliphatic carbocycles. The van der Waals surface area contributed by atoms with E-state index >= 15 is 0 Å². The Morgan fingerprint density at radius 2 is 1.93 bits per heavy atom. The van der Waals surface area contributed by atoms with Crippen molar-refractivity contribution in [3.63, 3.8) is 0 Å². The third-order valence-corrected chi connectivity index (χ3v) is 5.18. The molecule has 1 N–H and O–H groups in total. The van der Waals surface area contributed by atoms with Crippen molar-refractivity contribution in [1.82, 2.24) is 19.7 Å². The molecule has 0 saturated carbocycles. The van der Waals surface area contributed by atoms with Crippen LogP contribution in [-0.4, -0.2) is 62.6 Å². The minimum absolute atomic E-state index is 0.0137. The van der Waals surface area contributed by atoms with Crippen molar-refractivity contribution in [2.45, 2.75) is 38.6 Å². The lowest BCUT2D eigenvalue weighted by Gasteiger charge is -2.42. The number of β-amino-alcohol motifs (C(OH)–C–C–N with tert-alkyl or cyclic N) is 1. The molecule has 0 amide bonds. The van der Waals surface area contributed by atoms with Gasteiger partial charge in [0, 0.05) is 38.4 Å². The molecule has 0 aromatic carbocycles. The first kappa shape index (κ1) is 22.5. The van der Waals surface area contributed by atoms with Crippen molar-refractivity contribution >= 4 is 17.3 Å². The largest absolute Gasteiger partial charge is 0.417 e. The van der Waals surface area contributed by atoms with Gasteiger partial charge in [0.15, 0.2) is 5.82 Å². The van der Waals surface area contributed by atoms with E-state index in [1.165, 1.54) is 6.20 Å². The van der Waals surface area contributed by atoms with Crippen molar-refractivity contribution in [3.05, 3.63) is 45.5 Å². The second-order valence-electron chi connectivity index (χ2n) is 8.05. The van der Waals surface area contributed by atoms with Crippen molar-refractivity contribution in [2.75, 3.05) is 31.1 Å². The normalized spacial score (nSPS) is 18.7. The van der Waals surface area contributed by atoms with Crippen molar-refractivity contribution in [3.8, 4) is 5.82 Å². The first-order valence-electron chi connectivity index (χ1n) is 9.39. The van der Waals surface area contributed by atoms with E-state index in [0.29, 0.717) is 38.1 Å². The van der Waals surface area contributed by atoms with E-state index in [-0.39, 0.29) is 16.9 Å². The van der Waals surface area contributed by atoms with Gasteiger partial charge >= 0.3 is 6.18 Å². The highest BCUT2D eigenvalue weighted by Crippen LogP contribution is 2.29. The lowest BCUT2D eigenvalue weighted by molar-refractivity contribution is -0.137. The maximum absolute atomic E-state index is 12.7. The van der Waals surface area contributed by atoms with E-state index in [2.05, 4.69) is 15.0 Å². The second-order valence-corrected chi connectivity index (χ2v) is 8.43. The number of piperazine rings is 1. The van der Waals surface area contributed by atoms with Crippen LogP contribution >= 0.6 is 11.6 Å². The topological polar surface area (TPSA) is 74.5 Å². The standard InChI is InChI=1S/C19H23ClF3N5O2/c1-12-10-26(11-18(2,3)30)6-7-27(12)14-9-25-28(17(29)16(14)20)15-5-4-13(8-24-15)19(21,22)23/h4-5,8-9,12,30H,6-7,10-11H2,1-3H3. The fourth-order valence-electron chi connectivity index (χ4n) is 3.55. The van der Waals surface area contributed by atoms with Crippen LogP contribution in [0, 0.1) is 0 Å². The molecule has 7 nitrogen and oxygen atoms in total. The summed E-state index contributed by atoms with van der Waals surface area (Å²) in [6.07, 6.45) is -2.45. The van der Waals surface area contributed by atoms with Crippen LogP contribution in [0.2, 0.25) is 5.02 Å². The molecule has 0 spiro atoms. The molecule has 3 heterocycles. The van der Waals surface area contributed by atoms with Crippen LogP contribution in [-0.2, 0) is 6.18 Å². The number of alkyl halides is 3. The summed E-state index contributed by atoms with van der Waals surface area (Å²) in [5, 5.41) is 14.0. The molecule has 0 bridgehead atoms. The molecule has 1 saturated heterocycles. The maximum Gasteiger partial charge on any atom is 0.417 e. The fraction of sp³-hybridized carbons (Fsp3) is 0.526. The Hall–Kier alpha value is -2.17. The number of hydrogen-bond donors (Lipinski definition) is 1. The summed E-state index contributed by atoms with van der Waals surface area (Å²) in [5.41, 5.74) is -1.93. The van der Waals surface area contributed by atoms with Gasteiger partial charge in [-0.25, -0.2) is 4.98 Å². The Bertz CT molecular complexity index is 957. The van der Waals surface area contributed by atoms with Crippen LogP contribution in [0.5, 0.6) is 0 Å². The van der Waals surface area contributed by atoms with E-state index in [4.69, 9.17) is 11.6 Å². The monoisotopic (exact) mass is 445 g/mol. The SMILES string of the molecule is CC1CN(CC(C)(C)O)CCN1c1cnn(-c2ccc(C(F)(F)F)cn2)c(=O)c1Cl. The third-order valence-electron chi connectivity index (χ3n) is 4.82. The molecule has 164 valence electrons. The summed E-state index contributed by atoms with van der Waals surface area (Å²) in [6, 6.07) is 1.92. The van der Waals surface area contributed by atoms with Crippen LogP contribution in [0.3, 0.4) is 0 Å². The molecule has 11 heteroatoms. The van der Waals surface area contributed by atoms with Gasteiger partial charge in [0.2, 0.25) is 0 Å². The number of anilines is 1. The first-order valence-corrected chi connectivity index (χ1v) is 9.77. The highest BCUT2D eigenvalue weighted by atomic mass is 35.5. The first-order chi connectivity index (χ1) is 13.9. The van der Waals surface area contributed by atoms with Crippen molar-refractivity contribution < 1.29 is 18.3 Å². The predicted molar refractivity (Wildman–Crippen MR) is 107 cm³/mol. The summed E-state index contributed by atoms with van der Waals surface area (Å²) < 4.78 is 39.0. The molecule has 0 radical (unpaired) electrons. The van der Waals surface area contributed by atoms with Gasteiger partial charge < -0.3 is 10.0 Å². The molecular weight excluding hydrogens is 423 g/mol. The van der Waals surface area contributed by atoms with Crippen LogP contribution in [0.4, 0.5) is 18.9 Å². The quantitative estimate of drug-likeness (QED) is 0.779. The highest BCUT2D eigenvalue weighted by Gasteiger charge is 2.31. The van der Waals surface area contributed by atoms with Crippen LogP contribution in [0.15, 0.2) is 29.3 Å². The average molecular weight is 446 g/mol. The van der Waals surface area contributed by atoms with Crippen LogP contribution < -0.4 is 10.5 Å². The van der Waals surface area contributed by atoms with Gasteiger partial charge in [0.25, 0.3) is 5.56 Å². The number of aliphatic hydroxyl groups is 1. The molecule has 1 atom stereocenters. The van der Waals surface area contributed by atoms with E-state index in [1.807, 2.05) is 11.8 Å². The van der Waals surface area contributed by atoms with Gasteiger partial charge in [-0.1, -0.05) is 11.6 Å². The predicted octanol–water partition coefficient (Wildman–Crippen LogP) is 2.58. The molecule has 1 unspecified atom stereocenters. The van der Waals surface area contributed by atoms with Gasteiger partial charge in [0.1, 0.15) is 5.02 Å². The number of nitrogens with zero attached hydrogens (tertiary/aromatic N) is 5. The lowest BCUT2D eigenvalue weighted by atomic mass is 10.1. The molecule has 1 aliphatic rings. The van der Waals surface area contributed by atoms with Gasteiger partial charge in [0.05, 0.1) is 23.0 Å². The van der Waals surface area contributed by atoms with E-state index in [0.717, 1.165) is 16.8 Å². The molecule has 30 heavy (non-hydrogen) atoms. The fourth-order valence-corrected chi connectivity index (χ4v) is 3.79. The van der Waals surface area contributed by atoms with Crippen LogP contribution in [0.25, 0.3) is 5.82 Å². The number of hydrogen-bond acceptors (Lipinski definition) is 6. The zero-order valence-electron chi connectivity index (χ0n) is 16.8. The van der Waals surface area contributed by atoms with Gasteiger partial charge in [-0.05, 0) is 32.9 Å².